The highest BCUT2D eigenvalue weighted by atomic mass is 32.1. The molecule has 1 unspecified atom stereocenters. The Morgan fingerprint density at radius 3 is 2.62 bits per heavy atom. The first kappa shape index (κ1) is 15.2. The van der Waals surface area contributed by atoms with Crippen LogP contribution in [-0.4, -0.2) is 18.0 Å². The van der Waals surface area contributed by atoms with Gasteiger partial charge in [0.2, 0.25) is 0 Å². The molecule has 1 aromatic heterocycles. The van der Waals surface area contributed by atoms with Crippen LogP contribution in [0, 0.1) is 5.82 Å². The molecule has 0 saturated heterocycles. The minimum absolute atomic E-state index is 0.137. The van der Waals surface area contributed by atoms with Crippen molar-refractivity contribution in [3.63, 3.8) is 0 Å². The van der Waals surface area contributed by atoms with E-state index in [0.717, 1.165) is 5.56 Å². The van der Waals surface area contributed by atoms with Crippen LogP contribution in [0.2, 0.25) is 0 Å². The van der Waals surface area contributed by atoms with E-state index in [1.54, 1.807) is 0 Å². The molecule has 4 nitrogen and oxygen atoms in total. The van der Waals surface area contributed by atoms with Gasteiger partial charge in [0.25, 0.3) is 5.91 Å². The van der Waals surface area contributed by atoms with E-state index in [2.05, 4.69) is 5.32 Å². The second kappa shape index (κ2) is 6.99. The van der Waals surface area contributed by atoms with E-state index >= 15 is 0 Å². The van der Waals surface area contributed by atoms with Crippen molar-refractivity contribution >= 4 is 28.9 Å². The molecule has 1 atom stereocenters. The second-order valence-corrected chi connectivity index (χ2v) is 5.22. The van der Waals surface area contributed by atoms with Crippen LogP contribution < -0.4 is 5.32 Å². The molecule has 0 aliphatic rings. The van der Waals surface area contributed by atoms with E-state index in [9.17, 15) is 14.0 Å². The van der Waals surface area contributed by atoms with Crippen LogP contribution in [-0.2, 0) is 20.7 Å². The van der Waals surface area contributed by atoms with Crippen molar-refractivity contribution in [2.24, 2.45) is 0 Å². The number of hydrogen-bond donors (Lipinski definition) is 1. The van der Waals surface area contributed by atoms with Crippen molar-refractivity contribution in [2.45, 2.75) is 19.4 Å². The smallest absolute Gasteiger partial charge is 0.311 e. The average molecular weight is 307 g/mol. The van der Waals surface area contributed by atoms with Gasteiger partial charge in [-0.15, -0.1) is 0 Å². The first-order valence-corrected chi connectivity index (χ1v) is 7.26. The molecule has 1 heterocycles. The van der Waals surface area contributed by atoms with Crippen LogP contribution in [0.25, 0.3) is 0 Å². The Morgan fingerprint density at radius 2 is 2.00 bits per heavy atom. The number of halogens is 1. The van der Waals surface area contributed by atoms with Crippen molar-refractivity contribution in [3.8, 4) is 0 Å². The highest BCUT2D eigenvalue weighted by Gasteiger charge is 2.18. The van der Waals surface area contributed by atoms with Crippen LogP contribution in [0.5, 0.6) is 0 Å². The Balaban J connectivity index is 1.84. The summed E-state index contributed by atoms with van der Waals surface area (Å²) in [7, 11) is 0. The summed E-state index contributed by atoms with van der Waals surface area (Å²) in [4.78, 5) is 23.5. The molecule has 0 saturated carbocycles. The van der Waals surface area contributed by atoms with E-state index < -0.39 is 18.0 Å². The van der Waals surface area contributed by atoms with Gasteiger partial charge in [-0.25, -0.2) is 4.39 Å². The number of nitrogens with one attached hydrogen (secondary N) is 1. The standard InChI is InChI=1S/C15H14FNO3S/c1-10(20-14(18)8-11-6-7-21-9-11)15(19)17-13-4-2-12(16)3-5-13/h2-7,9-10H,8H2,1H3,(H,17,19). The van der Waals surface area contributed by atoms with Crippen LogP contribution in [0.1, 0.15) is 12.5 Å². The average Bonchev–Trinajstić information content (AvgIpc) is 2.94. The van der Waals surface area contributed by atoms with Crippen molar-refractivity contribution in [1.82, 2.24) is 0 Å². The van der Waals surface area contributed by atoms with Gasteiger partial charge in [0.05, 0.1) is 6.42 Å². The highest BCUT2D eigenvalue weighted by molar-refractivity contribution is 7.07. The summed E-state index contributed by atoms with van der Waals surface area (Å²) in [5.74, 6) is -1.31. The fraction of sp³-hybridized carbons (Fsp3) is 0.200. The van der Waals surface area contributed by atoms with Gasteiger partial charge < -0.3 is 10.1 Å². The van der Waals surface area contributed by atoms with E-state index in [0.29, 0.717) is 5.69 Å². The molecule has 21 heavy (non-hydrogen) atoms. The number of amides is 1. The van der Waals surface area contributed by atoms with Gasteiger partial charge in [0, 0.05) is 5.69 Å². The number of benzene rings is 1. The van der Waals surface area contributed by atoms with Crippen molar-refractivity contribution < 1.29 is 18.7 Å². The molecule has 0 aliphatic carbocycles. The lowest BCUT2D eigenvalue weighted by Gasteiger charge is -2.13. The van der Waals surface area contributed by atoms with E-state index in [-0.39, 0.29) is 12.2 Å². The maximum absolute atomic E-state index is 12.8. The summed E-state index contributed by atoms with van der Waals surface area (Å²) in [5.41, 5.74) is 1.30. The van der Waals surface area contributed by atoms with Crippen LogP contribution in [0.3, 0.4) is 0 Å². The molecule has 110 valence electrons. The number of hydrogen-bond acceptors (Lipinski definition) is 4. The maximum Gasteiger partial charge on any atom is 0.311 e. The fourth-order valence-corrected chi connectivity index (χ4v) is 2.30. The third kappa shape index (κ3) is 4.68. The number of esters is 1. The zero-order valence-corrected chi connectivity index (χ0v) is 12.2. The fourth-order valence-electron chi connectivity index (χ4n) is 1.63. The number of carbonyl (C=O) groups excluding carboxylic acids is 2. The Bertz CT molecular complexity index is 610. The molecule has 0 radical (unpaired) electrons. The number of anilines is 1. The molecule has 2 rings (SSSR count). The molecule has 6 heteroatoms. The minimum Gasteiger partial charge on any atom is -0.452 e. The second-order valence-electron chi connectivity index (χ2n) is 4.44. The summed E-state index contributed by atoms with van der Waals surface area (Å²) in [6.45, 7) is 1.49. The van der Waals surface area contributed by atoms with Crippen LogP contribution in [0.15, 0.2) is 41.1 Å². The quantitative estimate of drug-likeness (QED) is 0.864. The number of rotatable bonds is 5. The lowest BCUT2D eigenvalue weighted by atomic mass is 10.2. The molecule has 1 aromatic carbocycles. The van der Waals surface area contributed by atoms with E-state index in [4.69, 9.17) is 4.74 Å². The minimum atomic E-state index is -0.916. The van der Waals surface area contributed by atoms with Gasteiger partial charge in [0.1, 0.15) is 5.82 Å². The molecule has 2 aromatic rings. The summed E-state index contributed by atoms with van der Waals surface area (Å²) in [6.07, 6.45) is -0.779. The zero-order valence-electron chi connectivity index (χ0n) is 11.3. The lowest BCUT2D eigenvalue weighted by molar-refractivity contribution is -0.152. The predicted octanol–water partition coefficient (Wildman–Crippen LogP) is 3.00. The monoisotopic (exact) mass is 307 g/mol. The Labute approximate surface area is 125 Å². The van der Waals surface area contributed by atoms with E-state index in [1.807, 2.05) is 16.8 Å². The molecular weight excluding hydrogens is 293 g/mol. The maximum atomic E-state index is 12.8. The molecule has 0 bridgehead atoms. The van der Waals surface area contributed by atoms with Gasteiger partial charge in [0.15, 0.2) is 6.10 Å². The van der Waals surface area contributed by atoms with Crippen molar-refractivity contribution in [1.29, 1.82) is 0 Å². The van der Waals surface area contributed by atoms with Crippen molar-refractivity contribution in [2.75, 3.05) is 5.32 Å². The third-order valence-electron chi connectivity index (χ3n) is 2.72. The number of carbonyl (C=O) groups is 2. The molecule has 0 fully saturated rings. The zero-order chi connectivity index (χ0) is 15.2. The number of ether oxygens (including phenoxy) is 1. The first-order valence-electron chi connectivity index (χ1n) is 6.31. The summed E-state index contributed by atoms with van der Waals surface area (Å²) >= 11 is 1.49. The summed E-state index contributed by atoms with van der Waals surface area (Å²) in [5, 5.41) is 6.27. The largest absolute Gasteiger partial charge is 0.452 e. The lowest BCUT2D eigenvalue weighted by Crippen LogP contribution is -2.30. The van der Waals surface area contributed by atoms with Gasteiger partial charge >= 0.3 is 5.97 Å². The molecule has 1 amide bonds. The highest BCUT2D eigenvalue weighted by Crippen LogP contribution is 2.11. The van der Waals surface area contributed by atoms with Crippen LogP contribution >= 0.6 is 11.3 Å². The molecular formula is C15H14FNO3S. The normalized spacial score (nSPS) is 11.7. The topological polar surface area (TPSA) is 55.4 Å². The summed E-state index contributed by atoms with van der Waals surface area (Å²) < 4.78 is 17.8. The SMILES string of the molecule is CC(OC(=O)Cc1ccsc1)C(=O)Nc1ccc(F)cc1. The van der Waals surface area contributed by atoms with Crippen molar-refractivity contribution in [3.05, 3.63) is 52.5 Å². The Morgan fingerprint density at radius 1 is 1.29 bits per heavy atom. The molecule has 0 spiro atoms. The van der Waals surface area contributed by atoms with Crippen LogP contribution in [0.4, 0.5) is 10.1 Å². The molecule has 0 aliphatic heterocycles. The van der Waals surface area contributed by atoms with Gasteiger partial charge in [-0.1, -0.05) is 0 Å². The first-order chi connectivity index (χ1) is 10.0. The van der Waals surface area contributed by atoms with E-state index in [1.165, 1.54) is 42.5 Å². The van der Waals surface area contributed by atoms with Gasteiger partial charge in [-0.3, -0.25) is 9.59 Å². The van der Waals surface area contributed by atoms with Gasteiger partial charge in [-0.2, -0.15) is 11.3 Å². The Hall–Kier alpha value is -2.21. The Kier molecular flexibility index (Phi) is 5.05. The third-order valence-corrected chi connectivity index (χ3v) is 3.45. The molecule has 1 N–H and O–H groups in total. The predicted molar refractivity (Wildman–Crippen MR) is 78.6 cm³/mol. The number of thiophene rings is 1. The summed E-state index contributed by atoms with van der Waals surface area (Å²) in [6, 6.07) is 7.18. The van der Waals surface area contributed by atoms with Gasteiger partial charge in [-0.05, 0) is 53.6 Å².